The summed E-state index contributed by atoms with van der Waals surface area (Å²) in [6, 6.07) is 0. The van der Waals surface area contributed by atoms with Gasteiger partial charge in [-0.15, -0.1) is 0 Å². The highest BCUT2D eigenvalue weighted by Crippen LogP contribution is 2.37. The number of hydrogen-bond donors (Lipinski definition) is 0. The highest BCUT2D eigenvalue weighted by atomic mass is 16.6. The molecule has 3 nitrogen and oxygen atoms in total. The van der Waals surface area contributed by atoms with Crippen molar-refractivity contribution in [2.24, 2.45) is 5.92 Å². The van der Waals surface area contributed by atoms with Gasteiger partial charge in [-0.25, -0.2) is 0 Å². The second kappa shape index (κ2) is 7.62. The summed E-state index contributed by atoms with van der Waals surface area (Å²) in [5.41, 5.74) is -0.166. The van der Waals surface area contributed by atoms with Crippen LogP contribution in [0.1, 0.15) is 85.0 Å². The third-order valence-electron chi connectivity index (χ3n) is 5.48. The molecule has 0 aromatic carbocycles. The number of carbonyl (C=O) groups is 1. The Bertz CT molecular complexity index is 333. The van der Waals surface area contributed by atoms with E-state index in [2.05, 4.69) is 20.8 Å². The Morgan fingerprint density at radius 3 is 2.43 bits per heavy atom. The Balaban J connectivity index is 1.88. The Morgan fingerprint density at radius 1 is 1.14 bits per heavy atom. The van der Waals surface area contributed by atoms with Crippen LogP contribution in [0.5, 0.6) is 0 Å². The molecule has 1 saturated carbocycles. The van der Waals surface area contributed by atoms with E-state index in [-0.39, 0.29) is 17.7 Å². The van der Waals surface area contributed by atoms with E-state index in [1.807, 2.05) is 0 Å². The van der Waals surface area contributed by atoms with E-state index in [1.165, 1.54) is 19.3 Å². The zero-order chi connectivity index (χ0) is 15.3. The molecule has 2 rings (SSSR count). The Labute approximate surface area is 129 Å². The predicted octanol–water partition coefficient (Wildman–Crippen LogP) is 4.63. The van der Waals surface area contributed by atoms with Crippen LogP contribution in [-0.2, 0) is 14.3 Å². The van der Waals surface area contributed by atoms with Crippen molar-refractivity contribution < 1.29 is 14.3 Å². The first-order valence-corrected chi connectivity index (χ1v) is 8.99. The second-order valence-electron chi connectivity index (χ2n) is 6.88. The average molecular weight is 296 g/mol. The largest absolute Gasteiger partial charge is 0.459 e. The number of rotatable bonds is 6. The van der Waals surface area contributed by atoms with Gasteiger partial charge >= 0.3 is 5.97 Å². The highest BCUT2D eigenvalue weighted by Gasteiger charge is 2.38. The topological polar surface area (TPSA) is 35.5 Å². The lowest BCUT2D eigenvalue weighted by Gasteiger charge is -2.36. The molecule has 1 aliphatic heterocycles. The molecule has 122 valence electrons. The van der Waals surface area contributed by atoms with Gasteiger partial charge in [-0.2, -0.15) is 0 Å². The second-order valence-corrected chi connectivity index (χ2v) is 6.88. The number of ether oxygens (including phenoxy) is 2. The minimum atomic E-state index is -0.166. The van der Waals surface area contributed by atoms with Gasteiger partial charge in [-0.3, -0.25) is 4.79 Å². The fourth-order valence-corrected chi connectivity index (χ4v) is 4.03. The van der Waals surface area contributed by atoms with E-state index in [9.17, 15) is 4.79 Å². The summed E-state index contributed by atoms with van der Waals surface area (Å²) < 4.78 is 12.0. The number of carbonyl (C=O) groups excluding carboxylic acids is 1. The van der Waals surface area contributed by atoms with Crippen LogP contribution in [0.15, 0.2) is 0 Å². The monoisotopic (exact) mass is 296 g/mol. The Morgan fingerprint density at radius 2 is 1.86 bits per heavy atom. The molecule has 0 spiro atoms. The summed E-state index contributed by atoms with van der Waals surface area (Å²) in [6.07, 6.45) is 10.9. The van der Waals surface area contributed by atoms with Crippen LogP contribution in [0, 0.1) is 5.92 Å². The molecule has 3 atom stereocenters. The summed E-state index contributed by atoms with van der Waals surface area (Å²) in [7, 11) is 0. The van der Waals surface area contributed by atoms with E-state index in [0.29, 0.717) is 18.4 Å². The van der Waals surface area contributed by atoms with E-state index >= 15 is 0 Å². The highest BCUT2D eigenvalue weighted by molar-refractivity contribution is 5.70. The first kappa shape index (κ1) is 16.8. The summed E-state index contributed by atoms with van der Waals surface area (Å²) >= 11 is 0. The van der Waals surface area contributed by atoms with Crippen LogP contribution in [0.2, 0.25) is 0 Å². The van der Waals surface area contributed by atoms with E-state index in [4.69, 9.17) is 9.47 Å². The standard InChI is InChI=1S/C18H32O3/c1-4-15-12-14(16(5-2)20-15)13-17(19)21-18(6-3)10-8-7-9-11-18/h14-16H,4-13H2,1-3H3. The van der Waals surface area contributed by atoms with Crippen molar-refractivity contribution in [2.75, 3.05) is 0 Å². The van der Waals surface area contributed by atoms with Crippen molar-refractivity contribution >= 4 is 5.97 Å². The molecule has 0 aromatic rings. The van der Waals surface area contributed by atoms with Crippen molar-refractivity contribution in [3.05, 3.63) is 0 Å². The quantitative estimate of drug-likeness (QED) is 0.671. The molecule has 2 fully saturated rings. The molecule has 21 heavy (non-hydrogen) atoms. The molecule has 1 heterocycles. The molecule has 3 unspecified atom stereocenters. The molecule has 0 bridgehead atoms. The molecule has 3 heteroatoms. The van der Waals surface area contributed by atoms with Gasteiger partial charge in [0.15, 0.2) is 0 Å². The van der Waals surface area contributed by atoms with E-state index in [0.717, 1.165) is 38.5 Å². The van der Waals surface area contributed by atoms with Crippen LogP contribution in [0.25, 0.3) is 0 Å². The molecule has 0 aromatic heterocycles. The first-order chi connectivity index (χ1) is 10.1. The maximum absolute atomic E-state index is 12.4. The average Bonchev–Trinajstić information content (AvgIpc) is 2.90. The molecule has 0 radical (unpaired) electrons. The molecular weight excluding hydrogens is 264 g/mol. The lowest BCUT2D eigenvalue weighted by Crippen LogP contribution is -2.37. The summed E-state index contributed by atoms with van der Waals surface area (Å²) in [4.78, 5) is 12.4. The van der Waals surface area contributed by atoms with Gasteiger partial charge in [0.1, 0.15) is 5.60 Å². The third-order valence-corrected chi connectivity index (χ3v) is 5.48. The van der Waals surface area contributed by atoms with Crippen LogP contribution < -0.4 is 0 Å². The van der Waals surface area contributed by atoms with Crippen LogP contribution in [0.3, 0.4) is 0 Å². The minimum Gasteiger partial charge on any atom is -0.459 e. The van der Waals surface area contributed by atoms with Crippen molar-refractivity contribution in [1.29, 1.82) is 0 Å². The first-order valence-electron chi connectivity index (χ1n) is 8.99. The molecule has 1 aliphatic carbocycles. The zero-order valence-electron chi connectivity index (χ0n) is 14.0. The maximum Gasteiger partial charge on any atom is 0.306 e. The molecule has 0 amide bonds. The van der Waals surface area contributed by atoms with Gasteiger partial charge in [0, 0.05) is 0 Å². The van der Waals surface area contributed by atoms with Gasteiger partial charge < -0.3 is 9.47 Å². The van der Waals surface area contributed by atoms with Gasteiger partial charge in [0.05, 0.1) is 18.6 Å². The summed E-state index contributed by atoms with van der Waals surface area (Å²) in [5.74, 6) is 0.354. The Hall–Kier alpha value is -0.570. The van der Waals surface area contributed by atoms with Gasteiger partial charge in [0.25, 0.3) is 0 Å². The molecule has 0 N–H and O–H groups in total. The maximum atomic E-state index is 12.4. The van der Waals surface area contributed by atoms with E-state index in [1.54, 1.807) is 0 Å². The summed E-state index contributed by atoms with van der Waals surface area (Å²) in [5, 5.41) is 0. The molecule has 1 saturated heterocycles. The van der Waals surface area contributed by atoms with Gasteiger partial charge in [-0.1, -0.05) is 27.2 Å². The number of hydrogen-bond acceptors (Lipinski definition) is 3. The third kappa shape index (κ3) is 4.21. The smallest absolute Gasteiger partial charge is 0.306 e. The SMILES string of the molecule is CCC1CC(CC(=O)OC2(CC)CCCCC2)C(CC)O1. The normalized spacial score (nSPS) is 32.0. The number of esters is 1. The fourth-order valence-electron chi connectivity index (χ4n) is 4.03. The van der Waals surface area contributed by atoms with Crippen molar-refractivity contribution in [1.82, 2.24) is 0 Å². The van der Waals surface area contributed by atoms with E-state index < -0.39 is 0 Å². The van der Waals surface area contributed by atoms with Crippen molar-refractivity contribution in [3.8, 4) is 0 Å². The van der Waals surface area contributed by atoms with Crippen LogP contribution >= 0.6 is 0 Å². The fraction of sp³-hybridized carbons (Fsp3) is 0.944. The zero-order valence-corrected chi connectivity index (χ0v) is 14.0. The lowest BCUT2D eigenvalue weighted by atomic mass is 9.82. The molecular formula is C18H32O3. The lowest BCUT2D eigenvalue weighted by molar-refractivity contribution is -0.165. The van der Waals surface area contributed by atoms with Crippen molar-refractivity contribution in [2.45, 2.75) is 103 Å². The Kier molecular flexibility index (Phi) is 6.09. The van der Waals surface area contributed by atoms with Gasteiger partial charge in [0.2, 0.25) is 0 Å². The summed E-state index contributed by atoms with van der Waals surface area (Å²) in [6.45, 7) is 6.46. The van der Waals surface area contributed by atoms with Crippen molar-refractivity contribution in [3.63, 3.8) is 0 Å². The predicted molar refractivity (Wildman–Crippen MR) is 84.2 cm³/mol. The van der Waals surface area contributed by atoms with Crippen LogP contribution in [0.4, 0.5) is 0 Å². The minimum absolute atomic E-state index is 0.00236. The van der Waals surface area contributed by atoms with Crippen LogP contribution in [-0.4, -0.2) is 23.8 Å². The van der Waals surface area contributed by atoms with Gasteiger partial charge in [-0.05, 0) is 57.3 Å². The molecule has 2 aliphatic rings.